The van der Waals surface area contributed by atoms with Crippen LogP contribution in [0.1, 0.15) is 106 Å². The summed E-state index contributed by atoms with van der Waals surface area (Å²) in [6.45, 7) is 6.13. The average Bonchev–Trinajstić information content (AvgIpc) is 4.25. The number of carboxylic acid groups (broad SMARTS) is 1. The van der Waals surface area contributed by atoms with E-state index in [-0.39, 0.29) is 5.97 Å². The van der Waals surface area contributed by atoms with E-state index in [0.717, 1.165) is 53.9 Å². The highest BCUT2D eigenvalue weighted by Gasteiger charge is 2.27. The van der Waals surface area contributed by atoms with Gasteiger partial charge in [-0.15, -0.1) is 0 Å². The van der Waals surface area contributed by atoms with Crippen molar-refractivity contribution in [2.75, 3.05) is 7.11 Å². The minimum atomic E-state index is -0.899. The topological polar surface area (TPSA) is 99.2 Å². The summed E-state index contributed by atoms with van der Waals surface area (Å²) in [6.07, 6.45) is 9.53. The van der Waals surface area contributed by atoms with Crippen molar-refractivity contribution in [3.63, 3.8) is 0 Å². The second kappa shape index (κ2) is 17.1. The first-order valence-electron chi connectivity index (χ1n) is 21.5. The van der Waals surface area contributed by atoms with E-state index >= 15 is 0 Å². The summed E-state index contributed by atoms with van der Waals surface area (Å²) in [4.78, 5) is 33.4. The SMILES string of the molecule is CCn1c(-c2ccccc2)cc2cc(Cc3ncc(C4CC4)cc3C(=O)O)ccc21.CCn1c(-c2ccccc2)cc2cc(Cc3ncc(C4CC4)cc3C(=O)OC)ccc21. The lowest BCUT2D eigenvalue weighted by atomic mass is 10.0. The Balaban J connectivity index is 0.000000156. The quantitative estimate of drug-likeness (QED) is 0.123. The first-order chi connectivity index (χ1) is 29.8. The van der Waals surface area contributed by atoms with Crippen LogP contribution in [0.15, 0.2) is 134 Å². The highest BCUT2D eigenvalue weighted by Crippen LogP contribution is 2.41. The molecular formula is C53H50N4O4. The van der Waals surface area contributed by atoms with E-state index in [4.69, 9.17) is 4.74 Å². The molecule has 61 heavy (non-hydrogen) atoms. The maximum Gasteiger partial charge on any atom is 0.339 e. The van der Waals surface area contributed by atoms with Gasteiger partial charge in [-0.3, -0.25) is 9.97 Å². The number of esters is 1. The van der Waals surface area contributed by atoms with Crippen LogP contribution in [-0.4, -0.2) is 43.3 Å². The van der Waals surface area contributed by atoms with Gasteiger partial charge in [0.25, 0.3) is 0 Å². The molecule has 2 fully saturated rings. The monoisotopic (exact) mass is 806 g/mol. The van der Waals surface area contributed by atoms with Crippen molar-refractivity contribution in [3.8, 4) is 22.5 Å². The summed E-state index contributed by atoms with van der Waals surface area (Å²) in [6, 6.07) is 42.1. The average molecular weight is 807 g/mol. The van der Waals surface area contributed by atoms with Crippen molar-refractivity contribution in [3.05, 3.63) is 178 Å². The lowest BCUT2D eigenvalue weighted by Crippen LogP contribution is -2.09. The van der Waals surface area contributed by atoms with Gasteiger partial charge in [0.1, 0.15) is 0 Å². The van der Waals surface area contributed by atoms with E-state index in [1.165, 1.54) is 64.3 Å². The molecule has 0 unspecified atom stereocenters. The molecule has 0 bridgehead atoms. The van der Waals surface area contributed by atoms with Gasteiger partial charge in [0.2, 0.25) is 0 Å². The number of pyridine rings is 2. The Hall–Kier alpha value is -6.80. The number of benzene rings is 4. The number of carbonyl (C=O) groups excluding carboxylic acids is 1. The van der Waals surface area contributed by atoms with Crippen molar-refractivity contribution in [2.24, 2.45) is 0 Å². The van der Waals surface area contributed by atoms with Crippen LogP contribution >= 0.6 is 0 Å². The molecule has 8 aromatic rings. The van der Waals surface area contributed by atoms with Crippen LogP contribution in [-0.2, 0) is 30.7 Å². The van der Waals surface area contributed by atoms with Gasteiger partial charge < -0.3 is 19.0 Å². The van der Waals surface area contributed by atoms with Crippen LogP contribution in [0.25, 0.3) is 44.3 Å². The zero-order chi connectivity index (χ0) is 42.0. The van der Waals surface area contributed by atoms with E-state index in [1.54, 1.807) is 0 Å². The maximum atomic E-state index is 12.4. The van der Waals surface area contributed by atoms with Gasteiger partial charge in [-0.2, -0.15) is 0 Å². The first kappa shape index (κ1) is 39.6. The number of carbonyl (C=O) groups is 2. The first-order valence-corrected chi connectivity index (χ1v) is 21.5. The Morgan fingerprint density at radius 1 is 0.607 bits per heavy atom. The predicted molar refractivity (Wildman–Crippen MR) is 242 cm³/mol. The van der Waals surface area contributed by atoms with Crippen LogP contribution < -0.4 is 0 Å². The van der Waals surface area contributed by atoms with E-state index < -0.39 is 5.97 Å². The fourth-order valence-corrected chi connectivity index (χ4v) is 8.68. The standard InChI is InChI=1S/C27H26N2O2.C26H24N2O2/c1-3-29-25-12-9-18(13-21(25)16-26(29)20-7-5-4-6-8-20)14-24-23(27(30)31-2)15-22(17-28-24)19-10-11-19;1-2-28-24-11-8-17(12-20(24)15-25(28)19-6-4-3-5-7-19)13-23-22(26(29)30)14-21(16-27-23)18-9-10-18/h4-9,12-13,15-17,19H,3,10-11,14H2,1-2H3;3-8,11-12,14-16,18H,2,9-10,13H2,1H3,(H,29,30). The molecule has 0 radical (unpaired) electrons. The van der Waals surface area contributed by atoms with Crippen molar-refractivity contribution >= 4 is 33.7 Å². The third-order valence-electron chi connectivity index (χ3n) is 12.2. The van der Waals surface area contributed by atoms with Crippen LogP contribution in [0, 0.1) is 0 Å². The summed E-state index contributed by atoms with van der Waals surface area (Å²) in [7, 11) is 1.43. The number of aromatic carboxylic acids is 1. The zero-order valence-corrected chi connectivity index (χ0v) is 35.0. The summed E-state index contributed by atoms with van der Waals surface area (Å²) in [5.74, 6) is -0.170. The van der Waals surface area contributed by atoms with Crippen molar-refractivity contribution in [1.29, 1.82) is 0 Å². The molecular weight excluding hydrogens is 757 g/mol. The smallest absolute Gasteiger partial charge is 0.339 e. The lowest BCUT2D eigenvalue weighted by Gasteiger charge is -2.10. The highest BCUT2D eigenvalue weighted by molar-refractivity contribution is 5.92. The van der Waals surface area contributed by atoms with Crippen molar-refractivity contribution in [1.82, 2.24) is 19.1 Å². The number of nitrogens with zero attached hydrogens (tertiary/aromatic N) is 4. The number of hydrogen-bond donors (Lipinski definition) is 1. The number of aryl methyl sites for hydroxylation is 2. The van der Waals surface area contributed by atoms with Gasteiger partial charge in [0, 0.05) is 71.5 Å². The minimum Gasteiger partial charge on any atom is -0.478 e. The molecule has 8 heteroatoms. The van der Waals surface area contributed by atoms with Crippen LogP contribution in [0.2, 0.25) is 0 Å². The highest BCUT2D eigenvalue weighted by atomic mass is 16.5. The summed E-state index contributed by atoms with van der Waals surface area (Å²) in [5.41, 5.74) is 14.0. The molecule has 0 spiro atoms. The van der Waals surface area contributed by atoms with Crippen molar-refractivity contribution < 1.29 is 19.4 Å². The molecule has 306 valence electrons. The minimum absolute atomic E-state index is 0.311. The predicted octanol–water partition coefficient (Wildman–Crippen LogP) is 11.9. The Labute approximate surface area is 356 Å². The second-order valence-electron chi connectivity index (χ2n) is 16.3. The number of hydrogen-bond acceptors (Lipinski definition) is 5. The Morgan fingerprint density at radius 2 is 1.05 bits per heavy atom. The number of fused-ring (bicyclic) bond motifs is 2. The maximum absolute atomic E-state index is 12.4. The van der Waals surface area contributed by atoms with Gasteiger partial charge in [0.05, 0.1) is 29.6 Å². The molecule has 2 aliphatic rings. The van der Waals surface area contributed by atoms with Gasteiger partial charge in [-0.25, -0.2) is 9.59 Å². The van der Waals surface area contributed by atoms with Crippen molar-refractivity contribution in [2.45, 2.75) is 77.3 Å². The summed E-state index contributed by atoms with van der Waals surface area (Å²) in [5, 5.41) is 12.1. The number of aromatic nitrogens is 4. The molecule has 4 aromatic carbocycles. The summed E-state index contributed by atoms with van der Waals surface area (Å²) < 4.78 is 9.70. The van der Waals surface area contributed by atoms with E-state index in [9.17, 15) is 14.7 Å². The van der Waals surface area contributed by atoms with Gasteiger partial charge in [0.15, 0.2) is 0 Å². The number of rotatable bonds is 12. The fourth-order valence-electron chi connectivity index (χ4n) is 8.68. The van der Waals surface area contributed by atoms with Gasteiger partial charge in [-0.05, 0) is 133 Å². The molecule has 0 saturated heterocycles. The molecule has 4 heterocycles. The number of methoxy groups -OCH3 is 1. The number of carboxylic acids is 1. The fraction of sp³-hybridized carbons (Fsp3) is 0.245. The summed E-state index contributed by atoms with van der Waals surface area (Å²) >= 11 is 0. The molecule has 0 amide bonds. The molecule has 10 rings (SSSR count). The van der Waals surface area contributed by atoms with Gasteiger partial charge >= 0.3 is 11.9 Å². The molecule has 0 aliphatic heterocycles. The molecule has 1 N–H and O–H groups in total. The van der Waals surface area contributed by atoms with Crippen LogP contribution in [0.4, 0.5) is 0 Å². The molecule has 0 atom stereocenters. The Morgan fingerprint density at radius 3 is 1.46 bits per heavy atom. The van der Waals surface area contributed by atoms with E-state index in [2.05, 4.69) is 130 Å². The molecule has 8 nitrogen and oxygen atoms in total. The molecule has 4 aromatic heterocycles. The molecule has 2 saturated carbocycles. The lowest BCUT2D eigenvalue weighted by molar-refractivity contribution is 0.0598. The molecule has 2 aliphatic carbocycles. The normalized spacial score (nSPS) is 13.6. The van der Waals surface area contributed by atoms with Crippen LogP contribution in [0.5, 0.6) is 0 Å². The Bertz CT molecular complexity index is 2890. The van der Waals surface area contributed by atoms with E-state index in [1.807, 2.05) is 36.7 Å². The second-order valence-corrected chi connectivity index (χ2v) is 16.3. The van der Waals surface area contributed by atoms with Crippen LogP contribution in [0.3, 0.4) is 0 Å². The third kappa shape index (κ3) is 8.35. The largest absolute Gasteiger partial charge is 0.478 e. The zero-order valence-electron chi connectivity index (χ0n) is 35.0. The third-order valence-corrected chi connectivity index (χ3v) is 12.2. The number of ether oxygens (including phenoxy) is 1. The van der Waals surface area contributed by atoms with Gasteiger partial charge in [-0.1, -0.05) is 72.8 Å². The Kier molecular flexibility index (Phi) is 11.1. The van der Waals surface area contributed by atoms with E-state index in [0.29, 0.717) is 41.5 Å².